The molecule has 5 rings (SSSR count). The second kappa shape index (κ2) is 7.27. The van der Waals surface area contributed by atoms with Crippen LogP contribution in [0.1, 0.15) is 27.0 Å². The molecular formula is C23H16Cl2N2O4. The number of hydrogen-bond donors (Lipinski definition) is 2. The number of benzene rings is 3. The minimum absolute atomic E-state index is 0.0681. The van der Waals surface area contributed by atoms with Gasteiger partial charge in [-0.1, -0.05) is 53.5 Å². The molecule has 0 saturated heterocycles. The van der Waals surface area contributed by atoms with Crippen molar-refractivity contribution in [1.82, 2.24) is 4.90 Å². The minimum atomic E-state index is -1.75. The number of rotatable bonds is 3. The molecule has 8 heteroatoms. The van der Waals surface area contributed by atoms with Crippen LogP contribution in [0.25, 0.3) is 0 Å². The molecule has 31 heavy (non-hydrogen) atoms. The van der Waals surface area contributed by atoms with Gasteiger partial charge in [-0.2, -0.15) is 0 Å². The summed E-state index contributed by atoms with van der Waals surface area (Å²) in [4.78, 5) is 26.4. The first-order chi connectivity index (χ1) is 14.9. The molecule has 2 aliphatic rings. The number of nitrogens with one attached hydrogen (secondary N) is 1. The van der Waals surface area contributed by atoms with E-state index >= 15 is 0 Å². The van der Waals surface area contributed by atoms with Gasteiger partial charge in [0.2, 0.25) is 0 Å². The molecule has 0 saturated carbocycles. The highest BCUT2D eigenvalue weighted by Crippen LogP contribution is 2.45. The molecule has 0 bridgehead atoms. The average molecular weight is 455 g/mol. The smallest absolute Gasteiger partial charge is 0.262 e. The van der Waals surface area contributed by atoms with Crippen molar-refractivity contribution in [1.29, 1.82) is 0 Å². The Hall–Kier alpha value is -3.06. The van der Waals surface area contributed by atoms with Gasteiger partial charge in [0, 0.05) is 23.2 Å². The first-order valence-electron chi connectivity index (χ1n) is 9.53. The van der Waals surface area contributed by atoms with E-state index in [0.29, 0.717) is 43.7 Å². The predicted molar refractivity (Wildman–Crippen MR) is 116 cm³/mol. The van der Waals surface area contributed by atoms with Crippen molar-refractivity contribution in [3.63, 3.8) is 0 Å². The zero-order chi connectivity index (χ0) is 21.8. The Bertz CT molecular complexity index is 1250. The molecular weight excluding hydrogens is 439 g/mol. The quantitative estimate of drug-likeness (QED) is 0.622. The maximum Gasteiger partial charge on any atom is 0.262 e. The third-order valence-corrected chi connectivity index (χ3v) is 6.25. The summed E-state index contributed by atoms with van der Waals surface area (Å²) in [5.74, 6) is -0.102. The fourth-order valence-electron chi connectivity index (χ4n) is 4.03. The topological polar surface area (TPSA) is 78.9 Å². The average Bonchev–Trinajstić information content (AvgIpc) is 2.99. The molecule has 2 aliphatic heterocycles. The van der Waals surface area contributed by atoms with E-state index in [1.54, 1.807) is 60.7 Å². The van der Waals surface area contributed by atoms with Crippen molar-refractivity contribution in [3.8, 4) is 5.75 Å². The standard InChI is InChI=1S/C23H16Cl2N2O4/c24-17-7-5-13(9-18(17)25)11-27-22(29)15-3-1-2-4-16(15)23(27,30)14-6-8-20-19(10-14)26-21(28)12-31-20/h1-10,30H,11-12H2,(H,26,28). The van der Waals surface area contributed by atoms with Crippen molar-refractivity contribution in [3.05, 3.63) is 93.0 Å². The Morgan fingerprint density at radius 3 is 2.65 bits per heavy atom. The van der Waals surface area contributed by atoms with E-state index in [2.05, 4.69) is 5.32 Å². The maximum absolute atomic E-state index is 13.3. The highest BCUT2D eigenvalue weighted by molar-refractivity contribution is 6.42. The number of anilines is 1. The van der Waals surface area contributed by atoms with Gasteiger partial charge in [-0.15, -0.1) is 0 Å². The lowest BCUT2D eigenvalue weighted by atomic mass is 9.93. The number of aliphatic hydroxyl groups is 1. The number of nitrogens with zero attached hydrogens (tertiary/aromatic N) is 1. The summed E-state index contributed by atoms with van der Waals surface area (Å²) in [5.41, 5.74) is 0.690. The molecule has 156 valence electrons. The normalized spacial score (nSPS) is 19.5. The number of halogens is 2. The van der Waals surface area contributed by atoms with E-state index in [9.17, 15) is 14.7 Å². The molecule has 3 aromatic rings. The molecule has 1 atom stereocenters. The van der Waals surface area contributed by atoms with Crippen molar-refractivity contribution in [2.24, 2.45) is 0 Å². The number of ether oxygens (including phenoxy) is 1. The number of hydrogen-bond acceptors (Lipinski definition) is 4. The van der Waals surface area contributed by atoms with Crippen molar-refractivity contribution >= 4 is 40.7 Å². The highest BCUT2D eigenvalue weighted by atomic mass is 35.5. The SMILES string of the molecule is O=C1COc2ccc(C3(O)c4ccccc4C(=O)N3Cc3ccc(Cl)c(Cl)c3)cc2N1. The number of carbonyl (C=O) groups is 2. The number of amides is 2. The third kappa shape index (κ3) is 3.15. The molecule has 3 aromatic carbocycles. The van der Waals surface area contributed by atoms with Gasteiger partial charge in [0.25, 0.3) is 11.8 Å². The summed E-state index contributed by atoms with van der Waals surface area (Å²) in [7, 11) is 0. The maximum atomic E-state index is 13.3. The molecule has 2 amide bonds. The zero-order valence-electron chi connectivity index (χ0n) is 16.1. The van der Waals surface area contributed by atoms with Crippen LogP contribution in [0.4, 0.5) is 5.69 Å². The Kier molecular flexibility index (Phi) is 4.66. The monoisotopic (exact) mass is 454 g/mol. The largest absolute Gasteiger partial charge is 0.482 e. The molecule has 0 spiro atoms. The van der Waals surface area contributed by atoms with Crippen LogP contribution in [0.15, 0.2) is 60.7 Å². The zero-order valence-corrected chi connectivity index (χ0v) is 17.6. The van der Waals surface area contributed by atoms with E-state index < -0.39 is 5.72 Å². The fraction of sp³-hybridized carbons (Fsp3) is 0.130. The van der Waals surface area contributed by atoms with Crippen LogP contribution in [0.3, 0.4) is 0 Å². The molecule has 0 aromatic heterocycles. The summed E-state index contributed by atoms with van der Waals surface area (Å²) >= 11 is 12.2. The molecule has 1 unspecified atom stereocenters. The van der Waals surface area contributed by atoms with E-state index in [0.717, 1.165) is 0 Å². The fourth-order valence-corrected chi connectivity index (χ4v) is 4.35. The van der Waals surface area contributed by atoms with Crippen molar-refractivity contribution < 1.29 is 19.4 Å². The second-order valence-electron chi connectivity index (χ2n) is 7.41. The van der Waals surface area contributed by atoms with Crippen LogP contribution in [0.2, 0.25) is 10.0 Å². The lowest BCUT2D eigenvalue weighted by Crippen LogP contribution is -2.44. The van der Waals surface area contributed by atoms with Gasteiger partial charge in [-0.25, -0.2) is 0 Å². The summed E-state index contributed by atoms with van der Waals surface area (Å²) < 4.78 is 5.42. The summed E-state index contributed by atoms with van der Waals surface area (Å²) in [5, 5.41) is 15.5. The molecule has 0 fully saturated rings. The summed E-state index contributed by atoms with van der Waals surface area (Å²) in [6.45, 7) is 0.0300. The Balaban J connectivity index is 1.64. The van der Waals surface area contributed by atoms with Crippen LogP contribution >= 0.6 is 23.2 Å². The Morgan fingerprint density at radius 1 is 1.03 bits per heavy atom. The molecule has 2 N–H and O–H groups in total. The number of carbonyl (C=O) groups excluding carboxylic acids is 2. The van der Waals surface area contributed by atoms with Crippen LogP contribution in [-0.2, 0) is 17.1 Å². The number of fused-ring (bicyclic) bond motifs is 2. The van der Waals surface area contributed by atoms with Gasteiger partial charge in [-0.05, 0) is 35.9 Å². The van der Waals surface area contributed by atoms with E-state index in [1.807, 2.05) is 0 Å². The first-order valence-corrected chi connectivity index (χ1v) is 10.3. The van der Waals surface area contributed by atoms with E-state index in [4.69, 9.17) is 27.9 Å². The highest BCUT2D eigenvalue weighted by Gasteiger charge is 2.50. The summed E-state index contributed by atoms with van der Waals surface area (Å²) in [6.07, 6.45) is 0. The molecule has 0 aliphatic carbocycles. The van der Waals surface area contributed by atoms with Gasteiger partial charge in [0.1, 0.15) is 5.75 Å². The Labute approximate surface area is 188 Å². The minimum Gasteiger partial charge on any atom is -0.482 e. The van der Waals surface area contributed by atoms with Gasteiger partial charge in [0.15, 0.2) is 12.3 Å². The second-order valence-corrected chi connectivity index (χ2v) is 8.22. The van der Waals surface area contributed by atoms with Gasteiger partial charge in [0.05, 0.1) is 15.7 Å². The Morgan fingerprint density at radius 2 is 1.84 bits per heavy atom. The van der Waals surface area contributed by atoms with Gasteiger partial charge < -0.3 is 15.2 Å². The van der Waals surface area contributed by atoms with Crippen LogP contribution in [-0.4, -0.2) is 28.4 Å². The predicted octanol–water partition coefficient (Wildman–Crippen LogP) is 4.17. The van der Waals surface area contributed by atoms with Crippen LogP contribution in [0.5, 0.6) is 5.75 Å². The van der Waals surface area contributed by atoms with E-state index in [-0.39, 0.29) is 25.0 Å². The lowest BCUT2D eigenvalue weighted by Gasteiger charge is -2.35. The van der Waals surface area contributed by atoms with Crippen molar-refractivity contribution in [2.45, 2.75) is 12.3 Å². The van der Waals surface area contributed by atoms with Crippen molar-refractivity contribution in [2.75, 3.05) is 11.9 Å². The van der Waals surface area contributed by atoms with E-state index in [1.165, 1.54) is 4.90 Å². The molecule has 2 heterocycles. The lowest BCUT2D eigenvalue weighted by molar-refractivity contribution is -0.118. The van der Waals surface area contributed by atoms with Gasteiger partial charge in [-0.3, -0.25) is 14.5 Å². The first kappa shape index (κ1) is 19.9. The molecule has 0 radical (unpaired) electrons. The molecule has 6 nitrogen and oxygen atoms in total. The summed E-state index contributed by atoms with van der Waals surface area (Å²) in [6, 6.07) is 17.0. The van der Waals surface area contributed by atoms with Gasteiger partial charge >= 0.3 is 0 Å². The van der Waals surface area contributed by atoms with Crippen LogP contribution in [0, 0.1) is 0 Å². The van der Waals surface area contributed by atoms with Crippen LogP contribution < -0.4 is 10.1 Å². The third-order valence-electron chi connectivity index (χ3n) is 5.51.